The molecule has 31 heavy (non-hydrogen) atoms. The van der Waals surface area contributed by atoms with Crippen molar-refractivity contribution in [3.05, 3.63) is 24.0 Å². The van der Waals surface area contributed by atoms with Crippen LogP contribution in [-0.4, -0.2) is 52.2 Å². The first-order chi connectivity index (χ1) is 14.4. The van der Waals surface area contributed by atoms with Crippen molar-refractivity contribution in [3.63, 3.8) is 0 Å². The summed E-state index contributed by atoms with van der Waals surface area (Å²) in [6.07, 6.45) is 0.774. The van der Waals surface area contributed by atoms with Gasteiger partial charge in [-0.05, 0) is 50.0 Å². The van der Waals surface area contributed by atoms with E-state index in [1.165, 1.54) is 0 Å². The van der Waals surface area contributed by atoms with Crippen LogP contribution < -0.4 is 0 Å². The number of Topliss-reactive ketones (excluding diaryl/α,β-unsaturated/α-hetero) is 2. The molecule has 7 rings (SSSR count). The molecule has 3 spiro atoms. The van der Waals surface area contributed by atoms with Crippen molar-refractivity contribution in [2.75, 3.05) is 6.61 Å². The van der Waals surface area contributed by atoms with Crippen LogP contribution in [0.15, 0.2) is 24.0 Å². The molecule has 0 radical (unpaired) electrons. The SMILES string of the molecule is C=C1C(=O)[C@@]23[C@@H]4OC(C)(C)O[C@]25OC[C@]2(C(=O)/C(=C\O)CC(C)(C)[C@H]2[C@@H]5O)[C@@H]3CC[C@@H]14. The summed E-state index contributed by atoms with van der Waals surface area (Å²) < 4.78 is 19.2. The normalized spacial score (nSPS) is 54.7. The highest BCUT2D eigenvalue weighted by molar-refractivity contribution is 6.08. The molecule has 0 aromatic heterocycles. The van der Waals surface area contributed by atoms with Gasteiger partial charge in [0.1, 0.15) is 11.5 Å². The van der Waals surface area contributed by atoms with Crippen LogP contribution in [0.4, 0.5) is 0 Å². The molecular weight excluding hydrogens is 400 g/mol. The molecule has 0 aromatic rings. The molecule has 0 aromatic carbocycles. The van der Waals surface area contributed by atoms with Crippen molar-refractivity contribution in [1.29, 1.82) is 0 Å². The summed E-state index contributed by atoms with van der Waals surface area (Å²) in [5, 5.41) is 21.9. The minimum Gasteiger partial charge on any atom is -0.515 e. The Morgan fingerprint density at radius 2 is 1.84 bits per heavy atom. The lowest BCUT2D eigenvalue weighted by molar-refractivity contribution is -0.523. The predicted molar refractivity (Wildman–Crippen MR) is 108 cm³/mol. The summed E-state index contributed by atoms with van der Waals surface area (Å²) in [5.74, 6) is -4.18. The lowest BCUT2D eigenvalue weighted by atomic mass is 9.35. The Balaban J connectivity index is 1.70. The zero-order chi connectivity index (χ0) is 22.4. The van der Waals surface area contributed by atoms with E-state index in [1.54, 1.807) is 13.8 Å². The van der Waals surface area contributed by atoms with E-state index in [1.807, 2.05) is 13.8 Å². The number of carbonyl (C=O) groups excluding carboxylic acids is 2. The Labute approximate surface area is 181 Å². The molecule has 3 aliphatic heterocycles. The topological polar surface area (TPSA) is 102 Å². The Kier molecular flexibility index (Phi) is 3.45. The van der Waals surface area contributed by atoms with E-state index in [2.05, 4.69) is 6.58 Å². The van der Waals surface area contributed by atoms with Crippen molar-refractivity contribution < 1.29 is 34.0 Å². The van der Waals surface area contributed by atoms with E-state index in [-0.39, 0.29) is 24.1 Å². The van der Waals surface area contributed by atoms with Crippen LogP contribution in [0.3, 0.4) is 0 Å². The van der Waals surface area contributed by atoms with Crippen molar-refractivity contribution in [1.82, 2.24) is 0 Å². The van der Waals surface area contributed by atoms with Crippen molar-refractivity contribution in [2.45, 2.75) is 70.7 Å². The van der Waals surface area contributed by atoms with E-state index in [0.717, 1.165) is 6.26 Å². The standard InChI is InChI=1S/C24H30O7/c1-11-13-6-7-14-22-10-29-24(23(14,16(11)26)19(13)30-21(4,5)31-24)18(28)15(22)20(2,3)8-12(9-25)17(22)27/h9,13-15,18-19,25,28H,1,6-8,10H2,2-5H3/b12-9-/t13-,14-,15+,18-,19+,22-,23-,24-/m0/s1. The second kappa shape index (κ2) is 5.33. The van der Waals surface area contributed by atoms with Crippen LogP contribution in [-0.2, 0) is 23.8 Å². The van der Waals surface area contributed by atoms with Crippen LogP contribution in [0.2, 0.25) is 0 Å². The maximum atomic E-state index is 14.0. The van der Waals surface area contributed by atoms with Gasteiger partial charge < -0.3 is 24.4 Å². The average Bonchev–Trinajstić information content (AvgIpc) is 2.80. The van der Waals surface area contributed by atoms with Gasteiger partial charge in [-0.2, -0.15) is 0 Å². The number of carbonyl (C=O) groups is 2. The van der Waals surface area contributed by atoms with Gasteiger partial charge in [0, 0.05) is 17.4 Å². The molecule has 8 atom stereocenters. The van der Waals surface area contributed by atoms with E-state index in [4.69, 9.17) is 14.2 Å². The molecule has 7 heteroatoms. The first-order valence-corrected chi connectivity index (χ1v) is 11.2. The van der Waals surface area contributed by atoms with Gasteiger partial charge in [-0.15, -0.1) is 0 Å². The second-order valence-electron chi connectivity index (χ2n) is 11.6. The van der Waals surface area contributed by atoms with Crippen LogP contribution >= 0.6 is 0 Å². The number of hydrogen-bond donors (Lipinski definition) is 2. The number of rotatable bonds is 0. The predicted octanol–water partition coefficient (Wildman–Crippen LogP) is 2.43. The third kappa shape index (κ3) is 1.79. The van der Waals surface area contributed by atoms with Gasteiger partial charge in [-0.1, -0.05) is 20.4 Å². The van der Waals surface area contributed by atoms with Crippen molar-refractivity contribution >= 4 is 11.6 Å². The van der Waals surface area contributed by atoms with Crippen molar-refractivity contribution in [2.24, 2.45) is 34.0 Å². The highest BCUT2D eigenvalue weighted by Gasteiger charge is 2.90. The summed E-state index contributed by atoms with van der Waals surface area (Å²) in [4.78, 5) is 27.9. The number of aliphatic hydroxyl groups is 2. The fourth-order valence-electron chi connectivity index (χ4n) is 8.79. The number of allylic oxidation sites excluding steroid dienone is 1. The van der Waals surface area contributed by atoms with Crippen LogP contribution in [0, 0.1) is 34.0 Å². The van der Waals surface area contributed by atoms with Crippen molar-refractivity contribution in [3.8, 4) is 0 Å². The minimum absolute atomic E-state index is 0.0496. The average molecular weight is 430 g/mol. The summed E-state index contributed by atoms with van der Waals surface area (Å²) in [6, 6.07) is 0. The van der Waals surface area contributed by atoms with Crippen LogP contribution in [0.25, 0.3) is 0 Å². The zero-order valence-corrected chi connectivity index (χ0v) is 18.4. The highest BCUT2D eigenvalue weighted by atomic mass is 16.8. The molecule has 4 aliphatic carbocycles. The lowest BCUT2D eigenvalue weighted by Gasteiger charge is -2.76. The molecule has 2 N–H and O–H groups in total. The number of aliphatic hydroxyl groups excluding tert-OH is 2. The highest BCUT2D eigenvalue weighted by Crippen LogP contribution is 2.78. The lowest BCUT2D eigenvalue weighted by Crippen LogP contribution is -2.88. The molecular formula is C24H30O7. The smallest absolute Gasteiger partial charge is 0.213 e. The quantitative estimate of drug-likeness (QED) is 0.449. The van der Waals surface area contributed by atoms with Gasteiger partial charge in [0.2, 0.25) is 5.79 Å². The maximum absolute atomic E-state index is 14.0. The molecule has 7 nitrogen and oxygen atoms in total. The van der Waals surface area contributed by atoms with Gasteiger partial charge >= 0.3 is 0 Å². The van der Waals surface area contributed by atoms with Gasteiger partial charge in [-0.3, -0.25) is 9.59 Å². The Bertz CT molecular complexity index is 978. The second-order valence-corrected chi connectivity index (χ2v) is 11.6. The first kappa shape index (κ1) is 20.1. The Morgan fingerprint density at radius 3 is 2.52 bits per heavy atom. The minimum atomic E-state index is -1.59. The monoisotopic (exact) mass is 430 g/mol. The molecule has 4 bridgehead atoms. The molecule has 3 heterocycles. The number of fused-ring (bicyclic) bond motifs is 1. The third-order valence-corrected chi connectivity index (χ3v) is 9.40. The summed E-state index contributed by atoms with van der Waals surface area (Å²) in [7, 11) is 0. The fraction of sp³-hybridized carbons (Fsp3) is 0.750. The van der Waals surface area contributed by atoms with Gasteiger partial charge in [0.05, 0.1) is 24.4 Å². The molecule has 3 saturated heterocycles. The van der Waals surface area contributed by atoms with E-state index in [0.29, 0.717) is 30.4 Å². The van der Waals surface area contributed by atoms with E-state index >= 15 is 0 Å². The Morgan fingerprint density at radius 1 is 1.13 bits per heavy atom. The number of ether oxygens (including phenoxy) is 3. The fourth-order valence-corrected chi connectivity index (χ4v) is 8.79. The Hall–Kier alpha value is -1.54. The molecule has 4 saturated carbocycles. The molecule has 0 unspecified atom stereocenters. The summed E-state index contributed by atoms with van der Waals surface area (Å²) in [5.41, 5.74) is -2.17. The first-order valence-electron chi connectivity index (χ1n) is 11.2. The number of ketones is 2. The third-order valence-electron chi connectivity index (χ3n) is 9.40. The van der Waals surface area contributed by atoms with Crippen LogP contribution in [0.1, 0.15) is 47.0 Å². The number of hydrogen-bond acceptors (Lipinski definition) is 7. The molecule has 0 amide bonds. The van der Waals surface area contributed by atoms with Gasteiger partial charge in [0.15, 0.2) is 17.4 Å². The molecule has 7 aliphatic rings. The van der Waals surface area contributed by atoms with Gasteiger partial charge in [-0.25, -0.2) is 0 Å². The molecule has 168 valence electrons. The van der Waals surface area contributed by atoms with Gasteiger partial charge in [0.25, 0.3) is 0 Å². The maximum Gasteiger partial charge on any atom is 0.213 e. The summed E-state index contributed by atoms with van der Waals surface area (Å²) >= 11 is 0. The zero-order valence-electron chi connectivity index (χ0n) is 18.4. The van der Waals surface area contributed by atoms with Crippen LogP contribution in [0.5, 0.6) is 0 Å². The largest absolute Gasteiger partial charge is 0.515 e. The van der Waals surface area contributed by atoms with E-state index in [9.17, 15) is 19.8 Å². The molecule has 7 fully saturated rings. The summed E-state index contributed by atoms with van der Waals surface area (Å²) in [6.45, 7) is 11.7. The van der Waals surface area contributed by atoms with E-state index < -0.39 is 51.9 Å².